The Morgan fingerprint density at radius 2 is 2.00 bits per heavy atom. The Morgan fingerprint density at radius 3 is 2.68 bits per heavy atom. The van der Waals surface area contributed by atoms with Gasteiger partial charge in [-0.2, -0.15) is 0 Å². The summed E-state index contributed by atoms with van der Waals surface area (Å²) in [7, 11) is 0. The van der Waals surface area contributed by atoms with Crippen LogP contribution in [0.1, 0.15) is 6.92 Å². The van der Waals surface area contributed by atoms with Gasteiger partial charge in [0.1, 0.15) is 0 Å². The minimum absolute atomic E-state index is 0. The summed E-state index contributed by atoms with van der Waals surface area (Å²) < 4.78 is 5.43. The van der Waals surface area contributed by atoms with Crippen molar-refractivity contribution in [1.29, 1.82) is 0 Å². The van der Waals surface area contributed by atoms with E-state index in [2.05, 4.69) is 21.3 Å². The largest absolute Gasteiger partial charge is 0.378 e. The van der Waals surface area contributed by atoms with Crippen LogP contribution in [0.5, 0.6) is 0 Å². The molecular weight excluding hydrogens is 363 g/mol. The third-order valence-electron chi connectivity index (χ3n) is 4.21. The molecule has 0 saturated carbocycles. The molecule has 138 valence electrons. The zero-order valence-electron chi connectivity index (χ0n) is 14.1. The fourth-order valence-corrected chi connectivity index (χ4v) is 2.73. The molecule has 1 atom stereocenters. The highest BCUT2D eigenvalue weighted by Gasteiger charge is 2.17. The topological polar surface area (TPSA) is 80.5 Å². The Morgan fingerprint density at radius 1 is 1.28 bits per heavy atom. The number of pyridine rings is 1. The Labute approximate surface area is 159 Å². The van der Waals surface area contributed by atoms with Gasteiger partial charge in [-0.3, -0.25) is 9.78 Å². The molecular formula is C17H24Cl2N4O2. The van der Waals surface area contributed by atoms with Crippen LogP contribution in [0.4, 0.5) is 11.4 Å². The lowest BCUT2D eigenvalue weighted by Gasteiger charge is -2.30. The standard InChI is InChI=1S/C17H22N4O2.2ClH/c1-12(10-18)17(22)20-15-2-3-16(21-6-8-23-9-7-21)13-4-5-19-11-14(13)15;;/h2-5,11-12H,6-10,18H2,1H3,(H,20,22);2*1H. The molecule has 25 heavy (non-hydrogen) atoms. The number of carbonyl (C=O) groups excluding carboxylic acids is 1. The second-order valence-electron chi connectivity index (χ2n) is 5.78. The molecule has 2 aromatic rings. The van der Waals surface area contributed by atoms with Gasteiger partial charge in [-0.25, -0.2) is 0 Å². The number of nitrogens with one attached hydrogen (secondary N) is 1. The average molecular weight is 387 g/mol. The fourth-order valence-electron chi connectivity index (χ4n) is 2.73. The van der Waals surface area contributed by atoms with Crippen LogP contribution in [0.3, 0.4) is 0 Å². The van der Waals surface area contributed by atoms with Crippen LogP contribution < -0.4 is 16.0 Å². The van der Waals surface area contributed by atoms with E-state index in [0.29, 0.717) is 6.54 Å². The van der Waals surface area contributed by atoms with Gasteiger partial charge in [-0.1, -0.05) is 6.92 Å². The molecule has 8 heteroatoms. The minimum atomic E-state index is -0.222. The number of benzene rings is 1. The number of anilines is 2. The molecule has 0 bridgehead atoms. The summed E-state index contributed by atoms with van der Waals surface area (Å²) in [4.78, 5) is 18.7. The van der Waals surface area contributed by atoms with Crippen molar-refractivity contribution in [3.63, 3.8) is 0 Å². The van der Waals surface area contributed by atoms with Gasteiger partial charge in [0.05, 0.1) is 18.9 Å². The van der Waals surface area contributed by atoms with E-state index >= 15 is 0 Å². The SMILES string of the molecule is CC(CN)C(=O)Nc1ccc(N2CCOCC2)c2ccncc12.Cl.Cl. The number of amides is 1. The first-order valence-corrected chi connectivity index (χ1v) is 7.91. The Hall–Kier alpha value is -1.60. The number of fused-ring (bicyclic) bond motifs is 1. The fraction of sp³-hybridized carbons (Fsp3) is 0.412. The number of rotatable bonds is 4. The van der Waals surface area contributed by atoms with Crippen LogP contribution in [-0.2, 0) is 9.53 Å². The third-order valence-corrected chi connectivity index (χ3v) is 4.21. The number of morpholine rings is 1. The number of ether oxygens (including phenoxy) is 1. The quantitative estimate of drug-likeness (QED) is 0.843. The number of carbonyl (C=O) groups is 1. The lowest BCUT2D eigenvalue weighted by Crippen LogP contribution is -2.36. The number of halogens is 2. The molecule has 1 unspecified atom stereocenters. The van der Waals surface area contributed by atoms with Crippen LogP contribution in [0.25, 0.3) is 10.8 Å². The van der Waals surface area contributed by atoms with Gasteiger partial charge >= 0.3 is 0 Å². The zero-order chi connectivity index (χ0) is 16.2. The second kappa shape index (κ2) is 9.77. The van der Waals surface area contributed by atoms with Crippen molar-refractivity contribution in [2.45, 2.75) is 6.92 Å². The molecule has 1 aliphatic heterocycles. The maximum absolute atomic E-state index is 12.1. The van der Waals surface area contributed by atoms with E-state index in [-0.39, 0.29) is 36.6 Å². The molecule has 0 spiro atoms. The van der Waals surface area contributed by atoms with E-state index in [9.17, 15) is 4.79 Å². The molecule has 1 aliphatic rings. The van der Waals surface area contributed by atoms with Crippen molar-refractivity contribution in [3.05, 3.63) is 30.6 Å². The number of nitrogens with two attached hydrogens (primary N) is 1. The predicted molar refractivity (Wildman–Crippen MR) is 106 cm³/mol. The highest BCUT2D eigenvalue weighted by atomic mass is 35.5. The number of aromatic nitrogens is 1. The van der Waals surface area contributed by atoms with Crippen molar-refractivity contribution >= 4 is 52.9 Å². The van der Waals surface area contributed by atoms with E-state index in [1.807, 2.05) is 19.1 Å². The summed E-state index contributed by atoms with van der Waals surface area (Å²) in [5.41, 5.74) is 7.49. The van der Waals surface area contributed by atoms with Crippen LogP contribution in [0.15, 0.2) is 30.6 Å². The van der Waals surface area contributed by atoms with Crippen LogP contribution in [0, 0.1) is 5.92 Å². The maximum atomic E-state index is 12.1. The Balaban J connectivity index is 0.00000156. The molecule has 1 saturated heterocycles. The first kappa shape index (κ1) is 21.4. The molecule has 1 amide bonds. The van der Waals surface area contributed by atoms with Gasteiger partial charge in [0.2, 0.25) is 5.91 Å². The molecule has 0 radical (unpaired) electrons. The number of hydrogen-bond acceptors (Lipinski definition) is 5. The van der Waals surface area contributed by atoms with E-state index in [1.54, 1.807) is 12.4 Å². The summed E-state index contributed by atoms with van der Waals surface area (Å²) in [5, 5.41) is 4.99. The van der Waals surface area contributed by atoms with Crippen LogP contribution in [0.2, 0.25) is 0 Å². The summed E-state index contributed by atoms with van der Waals surface area (Å²) in [5.74, 6) is -0.294. The molecule has 1 aromatic heterocycles. The van der Waals surface area contributed by atoms with Crippen LogP contribution >= 0.6 is 24.8 Å². The molecule has 1 fully saturated rings. The molecule has 3 N–H and O–H groups in total. The predicted octanol–water partition coefficient (Wildman–Crippen LogP) is 2.45. The van der Waals surface area contributed by atoms with Crippen molar-refractivity contribution < 1.29 is 9.53 Å². The molecule has 6 nitrogen and oxygen atoms in total. The first-order valence-electron chi connectivity index (χ1n) is 7.91. The summed E-state index contributed by atoms with van der Waals surface area (Å²) in [6, 6.07) is 5.98. The van der Waals surface area contributed by atoms with Gasteiger partial charge in [0.25, 0.3) is 0 Å². The molecule has 2 heterocycles. The van der Waals surface area contributed by atoms with Crippen LogP contribution in [-0.4, -0.2) is 43.7 Å². The van der Waals surface area contributed by atoms with Crippen molar-refractivity contribution in [2.75, 3.05) is 43.1 Å². The lowest BCUT2D eigenvalue weighted by atomic mass is 10.1. The van der Waals surface area contributed by atoms with Gasteiger partial charge in [-0.15, -0.1) is 24.8 Å². The maximum Gasteiger partial charge on any atom is 0.228 e. The summed E-state index contributed by atoms with van der Waals surface area (Å²) in [6.45, 7) is 5.35. The monoisotopic (exact) mass is 386 g/mol. The Bertz CT molecular complexity index is 708. The van der Waals surface area contributed by atoms with E-state index in [4.69, 9.17) is 10.5 Å². The van der Waals surface area contributed by atoms with Gasteiger partial charge in [-0.05, 0) is 18.2 Å². The van der Waals surface area contributed by atoms with Crippen molar-refractivity contribution in [1.82, 2.24) is 4.98 Å². The van der Waals surface area contributed by atoms with Gasteiger partial charge in [0.15, 0.2) is 0 Å². The third kappa shape index (κ3) is 4.73. The minimum Gasteiger partial charge on any atom is -0.378 e. The van der Waals surface area contributed by atoms with Crippen molar-refractivity contribution in [2.24, 2.45) is 11.7 Å². The summed E-state index contributed by atoms with van der Waals surface area (Å²) >= 11 is 0. The highest BCUT2D eigenvalue weighted by Crippen LogP contribution is 2.32. The Kier molecular flexibility index (Phi) is 8.38. The van der Waals surface area contributed by atoms with Gasteiger partial charge in [0, 0.05) is 54.4 Å². The second-order valence-corrected chi connectivity index (χ2v) is 5.78. The van der Waals surface area contributed by atoms with E-state index < -0.39 is 0 Å². The molecule has 3 rings (SSSR count). The summed E-state index contributed by atoms with van der Waals surface area (Å²) in [6.07, 6.45) is 3.57. The first-order chi connectivity index (χ1) is 11.2. The van der Waals surface area contributed by atoms with Gasteiger partial charge < -0.3 is 20.7 Å². The highest BCUT2D eigenvalue weighted by molar-refractivity contribution is 6.06. The number of hydrogen-bond donors (Lipinski definition) is 2. The van der Waals surface area contributed by atoms with E-state index in [1.165, 1.54) is 0 Å². The van der Waals surface area contributed by atoms with E-state index in [0.717, 1.165) is 48.5 Å². The number of nitrogens with zero attached hydrogens (tertiary/aromatic N) is 2. The molecule has 0 aliphatic carbocycles. The molecule has 1 aromatic carbocycles. The zero-order valence-corrected chi connectivity index (χ0v) is 15.7. The smallest absolute Gasteiger partial charge is 0.228 e. The lowest BCUT2D eigenvalue weighted by molar-refractivity contribution is -0.119. The van der Waals surface area contributed by atoms with Crippen molar-refractivity contribution in [3.8, 4) is 0 Å². The average Bonchev–Trinajstić information content (AvgIpc) is 2.62. The normalized spacial score (nSPS) is 15.0.